The van der Waals surface area contributed by atoms with Crippen LogP contribution in [0.15, 0.2) is 36.5 Å². The monoisotopic (exact) mass is 349 g/mol. The van der Waals surface area contributed by atoms with Gasteiger partial charge in [-0.2, -0.15) is 5.10 Å². The van der Waals surface area contributed by atoms with E-state index in [0.29, 0.717) is 11.7 Å². The lowest BCUT2D eigenvalue weighted by Gasteiger charge is -2.32. The van der Waals surface area contributed by atoms with Crippen molar-refractivity contribution in [2.45, 2.75) is 24.5 Å². The first-order valence-electron chi connectivity index (χ1n) is 7.82. The lowest BCUT2D eigenvalue weighted by molar-refractivity contribution is -0.129. The Morgan fingerprint density at radius 1 is 1.39 bits per heavy atom. The second kappa shape index (κ2) is 7.88. The van der Waals surface area contributed by atoms with Crippen molar-refractivity contribution in [3.05, 3.63) is 52.8 Å². The summed E-state index contributed by atoms with van der Waals surface area (Å²) in [6.07, 6.45) is 3.93. The van der Waals surface area contributed by atoms with Crippen LogP contribution in [0.3, 0.4) is 0 Å². The van der Waals surface area contributed by atoms with E-state index in [1.807, 2.05) is 35.2 Å². The van der Waals surface area contributed by atoms with Crippen LogP contribution in [-0.4, -0.2) is 39.8 Å². The number of piperidine rings is 1. The Hall–Kier alpha value is -1.46. The summed E-state index contributed by atoms with van der Waals surface area (Å²) in [5, 5.41) is 7.81. The summed E-state index contributed by atoms with van der Waals surface area (Å²) in [6.45, 7) is 1.64. The van der Waals surface area contributed by atoms with Crippen LogP contribution < -0.4 is 0 Å². The molecule has 23 heavy (non-hydrogen) atoms. The molecule has 1 aromatic carbocycles. The first kappa shape index (κ1) is 16.4. The summed E-state index contributed by atoms with van der Waals surface area (Å²) in [7, 11) is 0. The SMILES string of the molecule is O=C(CSCc1ccccc1Cl)N1CCCC(c2ccn[nH]2)C1. The van der Waals surface area contributed by atoms with Crippen LogP contribution in [0, 0.1) is 0 Å². The molecule has 1 aliphatic rings. The van der Waals surface area contributed by atoms with Crippen molar-refractivity contribution in [1.29, 1.82) is 0 Å². The molecule has 1 amide bonds. The van der Waals surface area contributed by atoms with Gasteiger partial charge in [-0.15, -0.1) is 11.8 Å². The number of thioether (sulfide) groups is 1. The number of likely N-dealkylation sites (tertiary alicyclic amines) is 1. The highest BCUT2D eigenvalue weighted by Crippen LogP contribution is 2.26. The summed E-state index contributed by atoms with van der Waals surface area (Å²) >= 11 is 7.77. The summed E-state index contributed by atoms with van der Waals surface area (Å²) in [5.74, 6) is 1.86. The quantitative estimate of drug-likeness (QED) is 0.895. The second-order valence-electron chi connectivity index (χ2n) is 5.78. The highest BCUT2D eigenvalue weighted by molar-refractivity contribution is 7.99. The number of hydrogen-bond acceptors (Lipinski definition) is 3. The van der Waals surface area contributed by atoms with Crippen molar-refractivity contribution >= 4 is 29.3 Å². The third kappa shape index (κ3) is 4.30. The lowest BCUT2D eigenvalue weighted by Crippen LogP contribution is -2.40. The highest BCUT2D eigenvalue weighted by Gasteiger charge is 2.25. The minimum absolute atomic E-state index is 0.214. The van der Waals surface area contributed by atoms with Gasteiger partial charge in [-0.3, -0.25) is 9.89 Å². The molecule has 0 saturated carbocycles. The molecule has 2 aromatic rings. The van der Waals surface area contributed by atoms with E-state index in [1.54, 1.807) is 18.0 Å². The summed E-state index contributed by atoms with van der Waals surface area (Å²) < 4.78 is 0. The average molecular weight is 350 g/mol. The number of halogens is 1. The maximum absolute atomic E-state index is 12.4. The molecule has 0 spiro atoms. The molecular formula is C17H20ClN3OS. The van der Waals surface area contributed by atoms with Crippen molar-refractivity contribution in [3.63, 3.8) is 0 Å². The fraction of sp³-hybridized carbons (Fsp3) is 0.412. The van der Waals surface area contributed by atoms with E-state index in [2.05, 4.69) is 10.2 Å². The molecule has 3 rings (SSSR count). The third-order valence-corrected chi connectivity index (χ3v) is 5.51. The molecule has 1 aliphatic heterocycles. The molecule has 1 unspecified atom stereocenters. The van der Waals surface area contributed by atoms with Crippen molar-refractivity contribution in [3.8, 4) is 0 Å². The smallest absolute Gasteiger partial charge is 0.232 e. The fourth-order valence-electron chi connectivity index (χ4n) is 2.91. The van der Waals surface area contributed by atoms with Crippen LogP contribution in [-0.2, 0) is 10.5 Å². The van der Waals surface area contributed by atoms with Crippen molar-refractivity contribution < 1.29 is 4.79 Å². The Balaban J connectivity index is 1.49. The molecule has 0 aliphatic carbocycles. The zero-order valence-corrected chi connectivity index (χ0v) is 14.4. The van der Waals surface area contributed by atoms with Crippen LogP contribution >= 0.6 is 23.4 Å². The van der Waals surface area contributed by atoms with Gasteiger partial charge < -0.3 is 4.90 Å². The zero-order chi connectivity index (χ0) is 16.1. The Morgan fingerprint density at radius 3 is 3.04 bits per heavy atom. The number of aromatic amines is 1. The van der Waals surface area contributed by atoms with E-state index in [0.717, 1.165) is 48.0 Å². The molecule has 1 fully saturated rings. The predicted octanol–water partition coefficient (Wildman–Crippen LogP) is 3.70. The van der Waals surface area contributed by atoms with Crippen LogP contribution in [0.4, 0.5) is 0 Å². The van der Waals surface area contributed by atoms with Crippen molar-refractivity contribution in [2.75, 3.05) is 18.8 Å². The highest BCUT2D eigenvalue weighted by atomic mass is 35.5. The van der Waals surface area contributed by atoms with E-state index >= 15 is 0 Å². The van der Waals surface area contributed by atoms with Gasteiger partial charge in [-0.25, -0.2) is 0 Å². The number of H-pyrrole nitrogens is 1. The van der Waals surface area contributed by atoms with Gasteiger partial charge in [0.1, 0.15) is 0 Å². The minimum Gasteiger partial charge on any atom is -0.341 e. The van der Waals surface area contributed by atoms with Crippen LogP contribution in [0.25, 0.3) is 0 Å². The number of amides is 1. The molecule has 6 heteroatoms. The molecule has 2 heterocycles. The number of nitrogens with zero attached hydrogens (tertiary/aromatic N) is 2. The van der Waals surface area contributed by atoms with Gasteiger partial charge in [0.05, 0.1) is 5.75 Å². The number of aromatic nitrogens is 2. The normalized spacial score (nSPS) is 18.1. The molecule has 122 valence electrons. The molecule has 1 aromatic heterocycles. The van der Waals surface area contributed by atoms with Gasteiger partial charge in [0.25, 0.3) is 0 Å². The Morgan fingerprint density at radius 2 is 2.26 bits per heavy atom. The lowest BCUT2D eigenvalue weighted by atomic mass is 9.95. The number of rotatable bonds is 5. The maximum atomic E-state index is 12.4. The molecule has 0 radical (unpaired) electrons. The standard InChI is InChI=1S/C17H20ClN3OS/c18-15-6-2-1-4-14(15)11-23-12-17(22)21-9-3-5-13(10-21)16-7-8-19-20-16/h1-2,4,6-8,13H,3,5,9-12H2,(H,19,20). The first-order valence-corrected chi connectivity index (χ1v) is 9.35. The number of benzene rings is 1. The van der Waals surface area contributed by atoms with Crippen molar-refractivity contribution in [2.24, 2.45) is 0 Å². The predicted molar refractivity (Wildman–Crippen MR) is 94.8 cm³/mol. The average Bonchev–Trinajstić information content (AvgIpc) is 3.11. The van der Waals surface area contributed by atoms with E-state index in [1.165, 1.54) is 0 Å². The largest absolute Gasteiger partial charge is 0.341 e. The summed E-state index contributed by atoms with van der Waals surface area (Å²) in [6, 6.07) is 9.80. The van der Waals surface area contributed by atoms with Gasteiger partial charge in [0.2, 0.25) is 5.91 Å². The maximum Gasteiger partial charge on any atom is 0.232 e. The summed E-state index contributed by atoms with van der Waals surface area (Å²) in [4.78, 5) is 14.4. The van der Waals surface area contributed by atoms with E-state index in [4.69, 9.17) is 11.6 Å². The fourth-order valence-corrected chi connectivity index (χ4v) is 4.12. The molecule has 1 atom stereocenters. The molecule has 0 bridgehead atoms. The van der Waals surface area contributed by atoms with Crippen LogP contribution in [0.2, 0.25) is 5.02 Å². The number of carbonyl (C=O) groups excluding carboxylic acids is 1. The number of hydrogen-bond donors (Lipinski definition) is 1. The molecular weight excluding hydrogens is 330 g/mol. The van der Waals surface area contributed by atoms with Crippen LogP contribution in [0.1, 0.15) is 30.0 Å². The van der Waals surface area contributed by atoms with E-state index in [9.17, 15) is 4.79 Å². The van der Waals surface area contributed by atoms with Gasteiger partial charge in [0.15, 0.2) is 0 Å². The zero-order valence-electron chi connectivity index (χ0n) is 12.9. The Bertz CT molecular complexity index is 647. The first-order chi connectivity index (χ1) is 11.2. The molecule has 1 N–H and O–H groups in total. The number of carbonyl (C=O) groups is 1. The minimum atomic E-state index is 0.214. The van der Waals surface area contributed by atoms with Crippen molar-refractivity contribution in [1.82, 2.24) is 15.1 Å². The second-order valence-corrected chi connectivity index (χ2v) is 7.17. The Labute approximate surface area is 145 Å². The molecule has 1 saturated heterocycles. The van der Waals surface area contributed by atoms with Gasteiger partial charge >= 0.3 is 0 Å². The topological polar surface area (TPSA) is 49.0 Å². The van der Waals surface area contributed by atoms with Gasteiger partial charge in [0, 0.05) is 41.7 Å². The van der Waals surface area contributed by atoms with E-state index < -0.39 is 0 Å². The Kier molecular flexibility index (Phi) is 5.62. The van der Waals surface area contributed by atoms with Crippen LogP contribution in [0.5, 0.6) is 0 Å². The third-order valence-electron chi connectivity index (χ3n) is 4.18. The molecule has 4 nitrogen and oxygen atoms in total. The van der Waals surface area contributed by atoms with Gasteiger partial charge in [-0.05, 0) is 30.5 Å². The van der Waals surface area contributed by atoms with Gasteiger partial charge in [-0.1, -0.05) is 29.8 Å². The summed E-state index contributed by atoms with van der Waals surface area (Å²) in [5.41, 5.74) is 2.21. The van der Waals surface area contributed by atoms with E-state index in [-0.39, 0.29) is 5.91 Å². The number of nitrogens with one attached hydrogen (secondary N) is 1.